The molecule has 2 aromatic carbocycles. The highest BCUT2D eigenvalue weighted by Gasteiger charge is 2.25. The number of nitrogens with one attached hydrogen (secondary N) is 1. The molecule has 2 aliphatic heterocycles. The quantitative estimate of drug-likeness (QED) is 0.647. The summed E-state index contributed by atoms with van der Waals surface area (Å²) in [4.78, 5) is 19.5. The molecule has 2 fully saturated rings. The van der Waals surface area contributed by atoms with Crippen LogP contribution < -0.4 is 10.2 Å². The molecule has 2 aliphatic rings. The molecule has 0 spiro atoms. The molecule has 0 aliphatic carbocycles. The Balaban J connectivity index is 1.60. The van der Waals surface area contributed by atoms with Crippen LogP contribution in [0.1, 0.15) is 29.5 Å². The van der Waals surface area contributed by atoms with Crippen LogP contribution in [0.25, 0.3) is 6.08 Å². The van der Waals surface area contributed by atoms with Crippen molar-refractivity contribution in [3.05, 3.63) is 62.8 Å². The predicted molar refractivity (Wildman–Crippen MR) is 120 cm³/mol. The molecule has 2 saturated heterocycles. The lowest BCUT2D eigenvalue weighted by molar-refractivity contribution is -0.115. The number of thioether (sulfide) groups is 1. The monoisotopic (exact) mass is 429 g/mol. The molecule has 0 aromatic heterocycles. The Morgan fingerprint density at radius 1 is 1.24 bits per heavy atom. The number of rotatable bonds is 3. The van der Waals surface area contributed by atoms with Crippen LogP contribution >= 0.6 is 23.4 Å². The van der Waals surface area contributed by atoms with E-state index in [9.17, 15) is 9.18 Å². The van der Waals surface area contributed by atoms with Crippen molar-refractivity contribution in [2.45, 2.75) is 26.7 Å². The van der Waals surface area contributed by atoms with E-state index in [1.165, 1.54) is 17.8 Å². The number of anilines is 1. The molecule has 0 unspecified atom stereocenters. The zero-order valence-corrected chi connectivity index (χ0v) is 17.8. The van der Waals surface area contributed by atoms with Crippen molar-refractivity contribution in [3.8, 4) is 0 Å². The van der Waals surface area contributed by atoms with Gasteiger partial charge in [-0.15, -0.1) is 0 Å². The second-order valence-electron chi connectivity index (χ2n) is 7.22. The lowest BCUT2D eigenvalue weighted by Gasteiger charge is -2.19. The van der Waals surface area contributed by atoms with E-state index in [-0.39, 0.29) is 11.7 Å². The van der Waals surface area contributed by atoms with Gasteiger partial charge in [0.2, 0.25) is 0 Å². The minimum absolute atomic E-state index is 0.239. The van der Waals surface area contributed by atoms with E-state index in [2.05, 4.69) is 15.2 Å². The van der Waals surface area contributed by atoms with Crippen LogP contribution in [0.4, 0.5) is 15.8 Å². The summed E-state index contributed by atoms with van der Waals surface area (Å²) in [5.74, 6) is -0.493. The Hall–Kier alpha value is -2.31. The lowest BCUT2D eigenvalue weighted by atomic mass is 10.1. The Kier molecular flexibility index (Phi) is 5.65. The number of carbonyl (C=O) groups is 1. The zero-order chi connectivity index (χ0) is 20.5. The van der Waals surface area contributed by atoms with Gasteiger partial charge >= 0.3 is 0 Å². The molecule has 4 rings (SSSR count). The topological polar surface area (TPSA) is 44.7 Å². The van der Waals surface area contributed by atoms with Gasteiger partial charge in [-0.05, 0) is 85.5 Å². The largest absolute Gasteiger partial charge is 0.369 e. The maximum Gasteiger partial charge on any atom is 0.264 e. The molecule has 1 amide bonds. The zero-order valence-electron chi connectivity index (χ0n) is 16.3. The fourth-order valence-corrected chi connectivity index (χ4v) is 4.48. The summed E-state index contributed by atoms with van der Waals surface area (Å²) in [6.07, 6.45) is 3.91. The number of amides is 1. The summed E-state index contributed by atoms with van der Waals surface area (Å²) in [5.41, 5.74) is 3.83. The van der Waals surface area contributed by atoms with Crippen LogP contribution in [-0.2, 0) is 4.79 Å². The van der Waals surface area contributed by atoms with Crippen LogP contribution in [0.5, 0.6) is 0 Å². The van der Waals surface area contributed by atoms with E-state index in [4.69, 9.17) is 11.6 Å². The maximum absolute atomic E-state index is 14.7. The number of aryl methyl sites for hydroxylation is 1. The highest BCUT2D eigenvalue weighted by molar-refractivity contribution is 8.18. The highest BCUT2D eigenvalue weighted by Crippen LogP contribution is 2.33. The molecule has 29 heavy (non-hydrogen) atoms. The van der Waals surface area contributed by atoms with Crippen LogP contribution in [0.15, 0.2) is 40.2 Å². The maximum atomic E-state index is 14.7. The number of halogens is 2. The van der Waals surface area contributed by atoms with Gasteiger partial charge in [-0.3, -0.25) is 4.79 Å². The molecule has 150 valence electrons. The molecule has 2 aromatic rings. The van der Waals surface area contributed by atoms with Crippen molar-refractivity contribution >= 4 is 51.9 Å². The van der Waals surface area contributed by atoms with E-state index >= 15 is 0 Å². The number of carbonyl (C=O) groups excluding carboxylic acids is 1. The molecule has 0 atom stereocenters. The molecular weight excluding hydrogens is 409 g/mol. The molecular formula is C22H21ClFN3OS. The van der Waals surface area contributed by atoms with Crippen LogP contribution in [0.2, 0.25) is 5.02 Å². The normalized spacial score (nSPS) is 19.4. The molecule has 1 N–H and O–H groups in total. The van der Waals surface area contributed by atoms with Gasteiger partial charge in [-0.25, -0.2) is 9.38 Å². The first-order valence-electron chi connectivity index (χ1n) is 9.52. The summed E-state index contributed by atoms with van der Waals surface area (Å²) < 4.78 is 14.7. The van der Waals surface area contributed by atoms with Crippen LogP contribution in [-0.4, -0.2) is 24.2 Å². The first-order chi connectivity index (χ1) is 13.9. The fraction of sp³-hybridized carbons (Fsp3) is 0.273. The number of hydrogen-bond donors (Lipinski definition) is 1. The first kappa shape index (κ1) is 20.0. The Bertz CT molecular complexity index is 1040. The van der Waals surface area contributed by atoms with Gasteiger partial charge in [0, 0.05) is 18.1 Å². The standard InChI is InChI=1S/C22H21ClFN3OS/c1-13-10-19(27-8-3-4-9-27)17(24)11-15(13)12-20-21(28)26-22(29-20)25-18-7-5-6-16(23)14(18)2/h5-7,10-12H,3-4,8-9H2,1-2H3,(H,25,26,28)/b20-12-. The van der Waals surface area contributed by atoms with Crippen molar-refractivity contribution in [1.82, 2.24) is 5.32 Å². The Labute approximate surface area is 178 Å². The minimum Gasteiger partial charge on any atom is -0.369 e. The van der Waals surface area contributed by atoms with Crippen LogP contribution in [0, 0.1) is 19.7 Å². The highest BCUT2D eigenvalue weighted by atomic mass is 35.5. The second kappa shape index (κ2) is 8.20. The summed E-state index contributed by atoms with van der Waals surface area (Å²) in [6, 6.07) is 8.85. The minimum atomic E-state index is -0.254. The smallest absolute Gasteiger partial charge is 0.264 e. The van der Waals surface area contributed by atoms with E-state index in [0.717, 1.165) is 37.1 Å². The molecule has 0 bridgehead atoms. The summed E-state index contributed by atoms with van der Waals surface area (Å²) in [5, 5.41) is 3.88. The van der Waals surface area contributed by atoms with E-state index in [1.54, 1.807) is 12.1 Å². The number of aliphatic imine (C=N–C) groups is 1. The van der Waals surface area contributed by atoms with Crippen LogP contribution in [0.3, 0.4) is 0 Å². The Morgan fingerprint density at radius 2 is 2.00 bits per heavy atom. The summed E-state index contributed by atoms with van der Waals surface area (Å²) in [6.45, 7) is 5.59. The van der Waals surface area contributed by atoms with Gasteiger partial charge in [0.1, 0.15) is 5.82 Å². The number of benzene rings is 2. The van der Waals surface area contributed by atoms with Gasteiger partial charge in [0.25, 0.3) is 5.91 Å². The van der Waals surface area contributed by atoms with Gasteiger partial charge in [-0.1, -0.05) is 17.7 Å². The third-order valence-electron chi connectivity index (χ3n) is 5.18. The van der Waals surface area contributed by atoms with E-state index < -0.39 is 0 Å². The third kappa shape index (κ3) is 4.19. The van der Waals surface area contributed by atoms with Gasteiger partial charge in [-0.2, -0.15) is 0 Å². The number of amidine groups is 1. The summed E-state index contributed by atoms with van der Waals surface area (Å²) in [7, 11) is 0. The number of hydrogen-bond acceptors (Lipinski definition) is 4. The lowest BCUT2D eigenvalue weighted by Crippen LogP contribution is -2.19. The SMILES string of the molecule is Cc1cc(N2CCCC2)c(F)cc1/C=C1\SC(=Nc2cccc(Cl)c2C)NC1=O. The third-order valence-corrected chi connectivity index (χ3v) is 6.50. The molecule has 7 heteroatoms. The van der Waals surface area contributed by atoms with Crippen molar-refractivity contribution in [3.63, 3.8) is 0 Å². The average Bonchev–Trinajstić information content (AvgIpc) is 3.32. The summed E-state index contributed by atoms with van der Waals surface area (Å²) >= 11 is 7.38. The average molecular weight is 430 g/mol. The fourth-order valence-electron chi connectivity index (χ4n) is 3.49. The molecule has 2 heterocycles. The van der Waals surface area contributed by atoms with Crippen molar-refractivity contribution in [1.29, 1.82) is 0 Å². The second-order valence-corrected chi connectivity index (χ2v) is 8.66. The molecule has 0 radical (unpaired) electrons. The molecule has 0 saturated carbocycles. The Morgan fingerprint density at radius 3 is 2.76 bits per heavy atom. The number of nitrogens with zero attached hydrogens (tertiary/aromatic N) is 2. The predicted octanol–water partition coefficient (Wildman–Crippen LogP) is 5.59. The van der Waals surface area contributed by atoms with E-state index in [1.807, 2.05) is 32.0 Å². The van der Waals surface area contributed by atoms with Crippen molar-refractivity contribution in [2.75, 3.05) is 18.0 Å². The van der Waals surface area contributed by atoms with Crippen molar-refractivity contribution < 1.29 is 9.18 Å². The van der Waals surface area contributed by atoms with Crippen molar-refractivity contribution in [2.24, 2.45) is 4.99 Å². The van der Waals surface area contributed by atoms with Gasteiger partial charge in [0.05, 0.1) is 16.3 Å². The molecule has 4 nitrogen and oxygen atoms in total. The van der Waals surface area contributed by atoms with E-state index in [0.29, 0.717) is 32.0 Å². The first-order valence-corrected chi connectivity index (χ1v) is 10.7. The van der Waals surface area contributed by atoms with Gasteiger partial charge in [0.15, 0.2) is 5.17 Å². The van der Waals surface area contributed by atoms with Gasteiger partial charge < -0.3 is 10.2 Å².